The van der Waals surface area contributed by atoms with E-state index in [1.54, 1.807) is 6.92 Å². The molecule has 0 aromatic heterocycles. The third-order valence-electron chi connectivity index (χ3n) is 2.21. The van der Waals surface area contributed by atoms with Crippen molar-refractivity contribution in [1.29, 1.82) is 0 Å². The molecule has 0 amide bonds. The number of benzene rings is 1. The average Bonchev–Trinajstić information content (AvgIpc) is 2.23. The van der Waals surface area contributed by atoms with Gasteiger partial charge in [-0.05, 0) is 18.6 Å². The van der Waals surface area contributed by atoms with Crippen molar-refractivity contribution in [2.45, 2.75) is 24.3 Å². The van der Waals surface area contributed by atoms with E-state index in [1.165, 1.54) is 12.1 Å². The van der Waals surface area contributed by atoms with Crippen LogP contribution in [0.25, 0.3) is 0 Å². The molecule has 0 heterocycles. The minimum atomic E-state index is -3.87. The van der Waals surface area contributed by atoms with Crippen LogP contribution >= 0.6 is 23.2 Å². The van der Waals surface area contributed by atoms with E-state index >= 15 is 0 Å². The summed E-state index contributed by atoms with van der Waals surface area (Å²) >= 11 is 11.6. The topological polar surface area (TPSA) is 72.2 Å². The lowest BCUT2D eigenvalue weighted by Gasteiger charge is -2.14. The lowest BCUT2D eigenvalue weighted by atomic mass is 10.3. The van der Waals surface area contributed by atoms with E-state index in [0.29, 0.717) is 6.42 Å². The van der Waals surface area contributed by atoms with Gasteiger partial charge in [0.1, 0.15) is 4.90 Å². The first-order chi connectivity index (χ1) is 8.31. The highest BCUT2D eigenvalue weighted by molar-refractivity contribution is 7.89. The number of nitrogens with two attached hydrogens (primary N) is 1. The molecule has 0 fully saturated rings. The highest BCUT2D eigenvalue weighted by atomic mass is 35.5. The highest BCUT2D eigenvalue weighted by Crippen LogP contribution is 2.31. The van der Waals surface area contributed by atoms with Gasteiger partial charge in [0.05, 0.1) is 16.8 Å². The summed E-state index contributed by atoms with van der Waals surface area (Å²) in [5.74, 6) is 2.33. The maximum absolute atomic E-state index is 12.1. The quantitative estimate of drug-likeness (QED) is 0.662. The van der Waals surface area contributed by atoms with Crippen LogP contribution in [0, 0.1) is 12.3 Å². The molecule has 1 atom stereocenters. The molecule has 0 radical (unpaired) electrons. The Morgan fingerprint density at radius 2 is 2.11 bits per heavy atom. The van der Waals surface area contributed by atoms with Crippen LogP contribution in [0.5, 0.6) is 0 Å². The van der Waals surface area contributed by atoms with Crippen LogP contribution in [0.15, 0.2) is 17.0 Å². The number of anilines is 1. The van der Waals surface area contributed by atoms with Crippen LogP contribution < -0.4 is 10.5 Å². The van der Waals surface area contributed by atoms with Crippen molar-refractivity contribution >= 4 is 38.9 Å². The summed E-state index contributed by atoms with van der Waals surface area (Å²) in [6.45, 7) is 1.76. The Bertz CT molecular complexity index is 571. The van der Waals surface area contributed by atoms with Gasteiger partial charge in [0.15, 0.2) is 0 Å². The molecule has 0 aliphatic heterocycles. The Labute approximate surface area is 117 Å². The second kappa shape index (κ2) is 5.81. The first kappa shape index (κ1) is 15.1. The molecule has 3 N–H and O–H groups in total. The van der Waals surface area contributed by atoms with Gasteiger partial charge in [0.2, 0.25) is 10.0 Å². The highest BCUT2D eigenvalue weighted by Gasteiger charge is 2.24. The number of terminal acetylenes is 1. The third-order valence-corrected chi connectivity index (χ3v) is 4.43. The summed E-state index contributed by atoms with van der Waals surface area (Å²) in [4.78, 5) is -0.206. The van der Waals surface area contributed by atoms with Gasteiger partial charge < -0.3 is 5.73 Å². The maximum atomic E-state index is 12.1. The van der Waals surface area contributed by atoms with Crippen LogP contribution in [0.4, 0.5) is 5.69 Å². The molecule has 18 heavy (non-hydrogen) atoms. The van der Waals surface area contributed by atoms with E-state index in [4.69, 9.17) is 35.4 Å². The van der Waals surface area contributed by atoms with Crippen molar-refractivity contribution in [2.24, 2.45) is 0 Å². The number of halogens is 2. The van der Waals surface area contributed by atoms with Gasteiger partial charge in [-0.3, -0.25) is 0 Å². The fraction of sp³-hybridized carbons (Fsp3) is 0.273. The second-order valence-corrected chi connectivity index (χ2v) is 6.05. The van der Waals surface area contributed by atoms with Crippen molar-refractivity contribution in [3.05, 3.63) is 22.2 Å². The summed E-state index contributed by atoms with van der Waals surface area (Å²) in [6, 6.07) is 2.02. The fourth-order valence-electron chi connectivity index (χ4n) is 1.35. The van der Waals surface area contributed by atoms with Crippen LogP contribution in [0.3, 0.4) is 0 Å². The van der Waals surface area contributed by atoms with Gasteiger partial charge in [0.25, 0.3) is 0 Å². The van der Waals surface area contributed by atoms with Crippen LogP contribution in [-0.4, -0.2) is 14.5 Å². The Morgan fingerprint density at radius 3 is 2.56 bits per heavy atom. The fourth-order valence-corrected chi connectivity index (χ4v) is 3.57. The molecule has 0 saturated heterocycles. The van der Waals surface area contributed by atoms with Gasteiger partial charge in [-0.15, -0.1) is 6.42 Å². The van der Waals surface area contributed by atoms with Gasteiger partial charge in [-0.2, -0.15) is 4.72 Å². The smallest absolute Gasteiger partial charge is 0.245 e. The Kier molecular flexibility index (Phi) is 4.88. The lowest BCUT2D eigenvalue weighted by molar-refractivity contribution is 0.571. The molecular formula is C11H12Cl2N2O2S. The van der Waals surface area contributed by atoms with Gasteiger partial charge >= 0.3 is 0 Å². The molecule has 4 nitrogen and oxygen atoms in total. The van der Waals surface area contributed by atoms with Crippen LogP contribution in [0.1, 0.15) is 13.3 Å². The van der Waals surface area contributed by atoms with Crippen molar-refractivity contribution < 1.29 is 8.42 Å². The molecule has 0 saturated carbocycles. The van der Waals surface area contributed by atoms with E-state index in [9.17, 15) is 8.42 Å². The molecule has 98 valence electrons. The molecule has 1 rings (SSSR count). The van der Waals surface area contributed by atoms with Crippen molar-refractivity contribution in [3.63, 3.8) is 0 Å². The summed E-state index contributed by atoms with van der Waals surface area (Å²) in [7, 11) is -3.87. The van der Waals surface area contributed by atoms with Gasteiger partial charge in [-0.25, -0.2) is 8.42 Å². The van der Waals surface area contributed by atoms with Gasteiger partial charge in [0, 0.05) is 5.02 Å². The third kappa shape index (κ3) is 3.30. The molecule has 0 bridgehead atoms. The van der Waals surface area contributed by atoms with Crippen LogP contribution in [-0.2, 0) is 10.0 Å². The number of nitrogens with one attached hydrogen (secondary N) is 1. The second-order valence-electron chi connectivity index (χ2n) is 3.55. The largest absolute Gasteiger partial charge is 0.398 e. The van der Waals surface area contributed by atoms with E-state index < -0.39 is 16.1 Å². The number of rotatable bonds is 4. The molecule has 1 aromatic carbocycles. The first-order valence-electron chi connectivity index (χ1n) is 5.04. The summed E-state index contributed by atoms with van der Waals surface area (Å²) in [5, 5.41) is 0.222. The molecular weight excluding hydrogens is 295 g/mol. The Hall–Kier alpha value is -0.930. The number of hydrogen-bond acceptors (Lipinski definition) is 3. The number of hydrogen-bond donors (Lipinski definition) is 2. The number of nitrogen functional groups attached to an aromatic ring is 1. The molecule has 7 heteroatoms. The SMILES string of the molecule is C#CC(CC)NS(=O)(=O)c1c(N)cc(Cl)cc1Cl. The van der Waals surface area contributed by atoms with E-state index in [2.05, 4.69) is 10.6 Å². The zero-order valence-electron chi connectivity index (χ0n) is 9.57. The van der Waals surface area contributed by atoms with Crippen LogP contribution in [0.2, 0.25) is 10.0 Å². The van der Waals surface area contributed by atoms with Gasteiger partial charge in [-0.1, -0.05) is 36.0 Å². The predicted molar refractivity (Wildman–Crippen MR) is 74.1 cm³/mol. The molecule has 0 aliphatic rings. The zero-order valence-corrected chi connectivity index (χ0v) is 11.9. The molecule has 1 unspecified atom stereocenters. The molecule has 0 aliphatic carbocycles. The van der Waals surface area contributed by atoms with Crippen molar-refractivity contribution in [2.75, 3.05) is 5.73 Å². The van der Waals surface area contributed by atoms with E-state index in [0.717, 1.165) is 0 Å². The minimum absolute atomic E-state index is 0.0214. The standard InChI is InChI=1S/C11H12Cl2N2O2S/c1-3-8(4-2)15-18(16,17)11-9(13)5-7(12)6-10(11)14/h1,5-6,8,15H,4,14H2,2H3. The Balaban J connectivity index is 3.26. The predicted octanol–water partition coefficient (Wildman–Crippen LogP) is 2.27. The monoisotopic (exact) mass is 306 g/mol. The first-order valence-corrected chi connectivity index (χ1v) is 7.28. The van der Waals surface area contributed by atoms with Crippen molar-refractivity contribution in [1.82, 2.24) is 4.72 Å². The normalized spacial score (nSPS) is 13.0. The number of sulfonamides is 1. The molecule has 1 aromatic rings. The molecule has 0 spiro atoms. The van der Waals surface area contributed by atoms with Crippen molar-refractivity contribution in [3.8, 4) is 12.3 Å². The van der Waals surface area contributed by atoms with E-state index in [1.807, 2.05) is 0 Å². The van der Waals surface area contributed by atoms with E-state index in [-0.39, 0.29) is 20.6 Å². The lowest BCUT2D eigenvalue weighted by Crippen LogP contribution is -2.33. The maximum Gasteiger partial charge on any atom is 0.245 e. The summed E-state index contributed by atoms with van der Waals surface area (Å²) in [6.07, 6.45) is 5.67. The zero-order chi connectivity index (χ0) is 13.9. The summed E-state index contributed by atoms with van der Waals surface area (Å²) in [5.41, 5.74) is 5.61. The summed E-state index contributed by atoms with van der Waals surface area (Å²) < 4.78 is 26.5. The minimum Gasteiger partial charge on any atom is -0.398 e. The Morgan fingerprint density at radius 1 is 1.50 bits per heavy atom. The average molecular weight is 307 g/mol.